The Morgan fingerprint density at radius 2 is 1.62 bits per heavy atom. The van der Waals surface area contributed by atoms with E-state index in [0.29, 0.717) is 11.6 Å². The maximum atomic E-state index is 13.4. The molecular weight excluding hydrogens is 418 g/mol. The van der Waals surface area contributed by atoms with E-state index < -0.39 is 10.0 Å². The van der Waals surface area contributed by atoms with E-state index in [2.05, 4.69) is 11.6 Å². The van der Waals surface area contributed by atoms with E-state index in [-0.39, 0.29) is 4.90 Å². The second-order valence-corrected chi connectivity index (χ2v) is 10.5. The Labute approximate surface area is 186 Å². The number of anilines is 1. The SMILES string of the molecule is CC1CCc2c(oc3c2cc(NS(=O)(=O)c2ccc4ccccc4c2)c2ccccc23)C1. The van der Waals surface area contributed by atoms with Crippen molar-refractivity contribution in [3.8, 4) is 0 Å². The molecule has 1 aliphatic carbocycles. The average Bonchev–Trinajstić information content (AvgIpc) is 3.16. The quantitative estimate of drug-likeness (QED) is 0.340. The van der Waals surface area contributed by atoms with Crippen LogP contribution in [0.5, 0.6) is 0 Å². The fraction of sp³-hybridized carbons (Fsp3) is 0.185. The summed E-state index contributed by atoms with van der Waals surface area (Å²) in [5, 5.41) is 4.69. The van der Waals surface area contributed by atoms with Crippen molar-refractivity contribution >= 4 is 48.2 Å². The molecule has 6 rings (SSSR count). The molecule has 4 aromatic carbocycles. The summed E-state index contributed by atoms with van der Waals surface area (Å²) in [6.45, 7) is 2.25. The van der Waals surface area contributed by atoms with Crippen LogP contribution in [-0.4, -0.2) is 8.42 Å². The fourth-order valence-electron chi connectivity index (χ4n) is 4.89. The predicted molar refractivity (Wildman–Crippen MR) is 130 cm³/mol. The summed E-state index contributed by atoms with van der Waals surface area (Å²) in [6.07, 6.45) is 3.00. The van der Waals surface area contributed by atoms with Gasteiger partial charge in [0.2, 0.25) is 0 Å². The Hall–Kier alpha value is -3.31. The maximum absolute atomic E-state index is 13.4. The number of sulfonamides is 1. The third kappa shape index (κ3) is 3.07. The van der Waals surface area contributed by atoms with Gasteiger partial charge in [0.25, 0.3) is 10.0 Å². The van der Waals surface area contributed by atoms with Crippen LogP contribution in [0.15, 0.2) is 82.1 Å². The molecule has 32 heavy (non-hydrogen) atoms. The Bertz CT molecular complexity index is 1610. The lowest BCUT2D eigenvalue weighted by Crippen LogP contribution is -2.13. The number of benzene rings is 4. The lowest BCUT2D eigenvalue weighted by atomic mass is 9.88. The highest BCUT2D eigenvalue weighted by Crippen LogP contribution is 2.40. The summed E-state index contributed by atoms with van der Waals surface area (Å²) in [5.74, 6) is 1.64. The van der Waals surface area contributed by atoms with E-state index in [9.17, 15) is 8.42 Å². The lowest BCUT2D eigenvalue weighted by molar-refractivity contribution is 0.427. The van der Waals surface area contributed by atoms with Gasteiger partial charge in [0.1, 0.15) is 11.3 Å². The molecule has 1 N–H and O–H groups in total. The Morgan fingerprint density at radius 1 is 0.875 bits per heavy atom. The minimum absolute atomic E-state index is 0.253. The second kappa shape index (κ2) is 7.10. The first-order valence-corrected chi connectivity index (χ1v) is 12.5. The molecule has 5 heteroatoms. The van der Waals surface area contributed by atoms with Crippen molar-refractivity contribution in [2.45, 2.75) is 31.1 Å². The minimum atomic E-state index is -3.76. The van der Waals surface area contributed by atoms with Gasteiger partial charge >= 0.3 is 0 Å². The molecule has 0 fully saturated rings. The standard InChI is InChI=1S/C27H23NO3S/c1-17-10-13-22-24-16-25(21-8-4-5-9-23(21)27(24)31-26(22)14-17)28-32(29,30)20-12-11-18-6-2-3-7-19(18)15-20/h2-9,11-12,15-17,28H,10,13-14H2,1H3. The number of furan rings is 1. The van der Waals surface area contributed by atoms with Gasteiger partial charge in [-0.05, 0) is 47.7 Å². The zero-order chi connectivity index (χ0) is 21.9. The molecule has 1 atom stereocenters. The van der Waals surface area contributed by atoms with Crippen LogP contribution in [0, 0.1) is 5.92 Å². The number of hydrogen-bond acceptors (Lipinski definition) is 3. The largest absolute Gasteiger partial charge is 0.460 e. The summed E-state index contributed by atoms with van der Waals surface area (Å²) >= 11 is 0. The molecular formula is C27H23NO3S. The number of hydrogen-bond donors (Lipinski definition) is 1. The van der Waals surface area contributed by atoms with Crippen molar-refractivity contribution in [1.29, 1.82) is 0 Å². The van der Waals surface area contributed by atoms with Crippen LogP contribution in [0.2, 0.25) is 0 Å². The van der Waals surface area contributed by atoms with Gasteiger partial charge in [0.05, 0.1) is 10.6 Å². The van der Waals surface area contributed by atoms with Crippen LogP contribution in [0.25, 0.3) is 32.5 Å². The monoisotopic (exact) mass is 441 g/mol. The smallest absolute Gasteiger partial charge is 0.261 e. The first-order valence-electron chi connectivity index (χ1n) is 11.0. The van der Waals surface area contributed by atoms with Crippen LogP contribution in [0.4, 0.5) is 5.69 Å². The highest BCUT2D eigenvalue weighted by atomic mass is 32.2. The fourth-order valence-corrected chi connectivity index (χ4v) is 5.99. The molecule has 1 aromatic heterocycles. The van der Waals surface area contributed by atoms with E-state index in [1.807, 2.05) is 60.7 Å². The zero-order valence-electron chi connectivity index (χ0n) is 17.8. The first-order chi connectivity index (χ1) is 15.5. The normalized spacial score (nSPS) is 16.5. The number of rotatable bonds is 3. The van der Waals surface area contributed by atoms with Gasteiger partial charge in [-0.1, -0.05) is 61.5 Å². The Kier molecular flexibility index (Phi) is 4.30. The van der Waals surface area contributed by atoms with Crippen molar-refractivity contribution in [2.75, 3.05) is 4.72 Å². The van der Waals surface area contributed by atoms with Gasteiger partial charge in [-0.25, -0.2) is 8.42 Å². The number of aryl methyl sites for hydroxylation is 1. The van der Waals surface area contributed by atoms with E-state index in [4.69, 9.17) is 4.42 Å². The number of fused-ring (bicyclic) bond motifs is 6. The topological polar surface area (TPSA) is 59.3 Å². The molecule has 0 radical (unpaired) electrons. The average molecular weight is 442 g/mol. The molecule has 0 saturated carbocycles. The van der Waals surface area contributed by atoms with Gasteiger partial charge < -0.3 is 4.42 Å². The van der Waals surface area contributed by atoms with Crippen LogP contribution in [-0.2, 0) is 22.9 Å². The third-order valence-electron chi connectivity index (χ3n) is 6.58. The molecule has 1 unspecified atom stereocenters. The molecule has 0 spiro atoms. The molecule has 160 valence electrons. The lowest BCUT2D eigenvalue weighted by Gasteiger charge is -2.16. The summed E-state index contributed by atoms with van der Waals surface area (Å²) in [5.41, 5.74) is 2.66. The molecule has 0 aliphatic heterocycles. The van der Waals surface area contributed by atoms with Crippen LogP contribution < -0.4 is 4.72 Å². The third-order valence-corrected chi connectivity index (χ3v) is 7.94. The van der Waals surface area contributed by atoms with Crippen LogP contribution in [0.3, 0.4) is 0 Å². The van der Waals surface area contributed by atoms with Crippen LogP contribution in [0.1, 0.15) is 24.7 Å². The van der Waals surface area contributed by atoms with Gasteiger partial charge in [0, 0.05) is 28.1 Å². The van der Waals surface area contributed by atoms with E-state index in [0.717, 1.165) is 57.5 Å². The highest BCUT2D eigenvalue weighted by Gasteiger charge is 2.25. The van der Waals surface area contributed by atoms with E-state index in [1.165, 1.54) is 5.56 Å². The van der Waals surface area contributed by atoms with Gasteiger partial charge in [0.15, 0.2) is 0 Å². The first kappa shape index (κ1) is 19.4. The van der Waals surface area contributed by atoms with Crippen molar-refractivity contribution in [1.82, 2.24) is 0 Å². The molecule has 0 saturated heterocycles. The van der Waals surface area contributed by atoms with Gasteiger partial charge in [-0.2, -0.15) is 0 Å². The van der Waals surface area contributed by atoms with Crippen molar-refractivity contribution in [3.63, 3.8) is 0 Å². The molecule has 1 heterocycles. The zero-order valence-corrected chi connectivity index (χ0v) is 18.6. The van der Waals surface area contributed by atoms with Gasteiger partial charge in [-0.3, -0.25) is 4.72 Å². The minimum Gasteiger partial charge on any atom is -0.460 e. The van der Waals surface area contributed by atoms with Crippen molar-refractivity contribution in [3.05, 3.63) is 84.1 Å². The molecule has 1 aliphatic rings. The molecule has 4 nitrogen and oxygen atoms in total. The number of nitrogens with one attached hydrogen (secondary N) is 1. The highest BCUT2D eigenvalue weighted by molar-refractivity contribution is 7.92. The Balaban J connectivity index is 1.51. The van der Waals surface area contributed by atoms with Crippen molar-refractivity contribution < 1.29 is 12.8 Å². The molecule has 0 bridgehead atoms. The summed E-state index contributed by atoms with van der Waals surface area (Å²) in [6, 6.07) is 22.8. The van der Waals surface area contributed by atoms with Gasteiger partial charge in [-0.15, -0.1) is 0 Å². The summed E-state index contributed by atoms with van der Waals surface area (Å²) in [4.78, 5) is 0.253. The predicted octanol–water partition coefficient (Wildman–Crippen LogP) is 6.66. The van der Waals surface area contributed by atoms with E-state index >= 15 is 0 Å². The maximum Gasteiger partial charge on any atom is 0.261 e. The molecule has 5 aromatic rings. The Morgan fingerprint density at radius 3 is 2.47 bits per heavy atom. The van der Waals surface area contributed by atoms with E-state index in [1.54, 1.807) is 12.1 Å². The molecule has 0 amide bonds. The van der Waals surface area contributed by atoms with Crippen molar-refractivity contribution in [2.24, 2.45) is 5.92 Å². The second-order valence-electron chi connectivity index (χ2n) is 8.81. The summed E-state index contributed by atoms with van der Waals surface area (Å²) < 4.78 is 35.9. The summed E-state index contributed by atoms with van der Waals surface area (Å²) in [7, 11) is -3.76. The van der Waals surface area contributed by atoms with Crippen LogP contribution >= 0.6 is 0 Å².